The van der Waals surface area contributed by atoms with Gasteiger partial charge in [-0.15, -0.1) is 0 Å². The molecule has 2 amide bonds. The highest BCUT2D eigenvalue weighted by molar-refractivity contribution is 6.35. The lowest BCUT2D eigenvalue weighted by Crippen LogP contribution is -2.39. The van der Waals surface area contributed by atoms with E-state index in [9.17, 15) is 14.0 Å². The van der Waals surface area contributed by atoms with Gasteiger partial charge in [0, 0.05) is 23.2 Å². The highest BCUT2D eigenvalue weighted by atomic mass is 19.1. The fourth-order valence-corrected chi connectivity index (χ4v) is 2.74. The van der Waals surface area contributed by atoms with Crippen LogP contribution in [-0.4, -0.2) is 24.1 Å². The molecule has 7 nitrogen and oxygen atoms in total. The maximum Gasteiger partial charge on any atom is 0.309 e. The Morgan fingerprint density at radius 1 is 1.03 bits per heavy atom. The second-order valence-electron chi connectivity index (χ2n) is 6.25. The molecule has 0 aliphatic rings. The molecule has 3 aromatic rings. The lowest BCUT2D eigenvalue weighted by atomic mass is 10.1. The molecule has 8 heteroatoms. The first kappa shape index (κ1) is 20.1. The fraction of sp³-hybridized carbons (Fsp3) is 0.190. The summed E-state index contributed by atoms with van der Waals surface area (Å²) in [6.07, 6.45) is 0. The van der Waals surface area contributed by atoms with E-state index in [0.29, 0.717) is 11.5 Å². The molecule has 1 aromatic heterocycles. The number of aromatic nitrogens is 1. The number of carbonyl (C=O) groups is 2. The highest BCUT2D eigenvalue weighted by Gasteiger charge is 2.18. The van der Waals surface area contributed by atoms with E-state index >= 15 is 0 Å². The van der Waals surface area contributed by atoms with Crippen molar-refractivity contribution >= 4 is 11.8 Å². The van der Waals surface area contributed by atoms with Crippen LogP contribution in [0.1, 0.15) is 16.8 Å². The van der Waals surface area contributed by atoms with Crippen LogP contribution < -0.4 is 15.4 Å². The Hall–Kier alpha value is -3.68. The summed E-state index contributed by atoms with van der Waals surface area (Å²) in [7, 11) is 1.35. The Kier molecular flexibility index (Phi) is 6.23. The Bertz CT molecular complexity index is 1020. The number of nitrogens with one attached hydrogen (secondary N) is 2. The molecule has 0 aliphatic carbocycles. The van der Waals surface area contributed by atoms with Crippen LogP contribution in [0.15, 0.2) is 53.1 Å². The Balaban J connectivity index is 1.56. The van der Waals surface area contributed by atoms with E-state index in [-0.39, 0.29) is 24.4 Å². The predicted molar refractivity (Wildman–Crippen MR) is 103 cm³/mol. The minimum absolute atomic E-state index is 0.0297. The van der Waals surface area contributed by atoms with E-state index in [4.69, 9.17) is 9.26 Å². The average Bonchev–Trinajstić information content (AvgIpc) is 3.12. The predicted octanol–water partition coefficient (Wildman–Crippen LogP) is 2.73. The molecule has 0 radical (unpaired) electrons. The molecule has 0 spiro atoms. The van der Waals surface area contributed by atoms with Gasteiger partial charge < -0.3 is 19.9 Å². The van der Waals surface area contributed by atoms with Crippen LogP contribution in [0.25, 0.3) is 11.3 Å². The third-order valence-corrected chi connectivity index (χ3v) is 4.38. The number of halogens is 1. The quantitative estimate of drug-likeness (QED) is 0.624. The van der Waals surface area contributed by atoms with Gasteiger partial charge in [0.15, 0.2) is 17.3 Å². The highest BCUT2D eigenvalue weighted by Crippen LogP contribution is 2.25. The molecule has 0 aliphatic heterocycles. The summed E-state index contributed by atoms with van der Waals surface area (Å²) < 4.78 is 24.3. The summed E-state index contributed by atoms with van der Waals surface area (Å²) in [4.78, 5) is 24.0. The van der Waals surface area contributed by atoms with Crippen molar-refractivity contribution in [3.63, 3.8) is 0 Å². The topological polar surface area (TPSA) is 93.5 Å². The van der Waals surface area contributed by atoms with Crippen LogP contribution in [0.4, 0.5) is 4.39 Å². The number of hydrogen-bond donors (Lipinski definition) is 2. The lowest BCUT2D eigenvalue weighted by molar-refractivity contribution is -0.139. The third kappa shape index (κ3) is 4.60. The number of carbonyl (C=O) groups excluding carboxylic acids is 2. The first-order chi connectivity index (χ1) is 14.0. The molecule has 0 saturated heterocycles. The van der Waals surface area contributed by atoms with Gasteiger partial charge in [-0.1, -0.05) is 47.6 Å². The number of amides is 2. The van der Waals surface area contributed by atoms with E-state index in [1.807, 2.05) is 37.3 Å². The SMILES string of the molecule is COc1cccc(CNC(=O)C(=O)NCc2noc(-c3ccccc3)c2C)c1F. The van der Waals surface area contributed by atoms with Crippen LogP contribution >= 0.6 is 0 Å². The van der Waals surface area contributed by atoms with Gasteiger partial charge >= 0.3 is 11.8 Å². The molecule has 150 valence electrons. The lowest BCUT2D eigenvalue weighted by Gasteiger charge is -2.09. The average molecular weight is 397 g/mol. The smallest absolute Gasteiger partial charge is 0.309 e. The van der Waals surface area contributed by atoms with Crippen LogP contribution in [0.3, 0.4) is 0 Å². The molecule has 29 heavy (non-hydrogen) atoms. The van der Waals surface area contributed by atoms with Gasteiger partial charge in [-0.05, 0) is 13.0 Å². The number of hydrogen-bond acceptors (Lipinski definition) is 5. The number of rotatable bonds is 6. The van der Waals surface area contributed by atoms with Crippen molar-refractivity contribution in [1.82, 2.24) is 15.8 Å². The van der Waals surface area contributed by atoms with E-state index in [1.165, 1.54) is 19.2 Å². The molecule has 0 atom stereocenters. The zero-order valence-electron chi connectivity index (χ0n) is 16.0. The maximum absolute atomic E-state index is 14.1. The minimum atomic E-state index is -0.878. The summed E-state index contributed by atoms with van der Waals surface area (Å²) in [5.74, 6) is -1.64. The van der Waals surface area contributed by atoms with E-state index in [2.05, 4.69) is 15.8 Å². The van der Waals surface area contributed by atoms with Crippen molar-refractivity contribution in [1.29, 1.82) is 0 Å². The fourth-order valence-electron chi connectivity index (χ4n) is 2.74. The van der Waals surface area contributed by atoms with Crippen molar-refractivity contribution in [3.8, 4) is 17.1 Å². The Morgan fingerprint density at radius 2 is 1.72 bits per heavy atom. The van der Waals surface area contributed by atoms with Crippen molar-refractivity contribution in [3.05, 3.63) is 71.2 Å². The first-order valence-corrected chi connectivity index (χ1v) is 8.89. The molecular weight excluding hydrogens is 377 g/mol. The van der Waals surface area contributed by atoms with Gasteiger partial charge in [-0.3, -0.25) is 9.59 Å². The molecular formula is C21H20FN3O4. The molecule has 0 fully saturated rings. The first-order valence-electron chi connectivity index (χ1n) is 8.89. The maximum atomic E-state index is 14.1. The largest absolute Gasteiger partial charge is 0.494 e. The molecule has 0 bridgehead atoms. The molecule has 1 heterocycles. The van der Waals surface area contributed by atoms with Gasteiger partial charge in [0.2, 0.25) is 0 Å². The van der Waals surface area contributed by atoms with Gasteiger partial charge in [0.05, 0.1) is 13.7 Å². The van der Waals surface area contributed by atoms with Gasteiger partial charge in [-0.2, -0.15) is 0 Å². The number of ether oxygens (including phenoxy) is 1. The van der Waals surface area contributed by atoms with Gasteiger partial charge in [0.25, 0.3) is 0 Å². The van der Waals surface area contributed by atoms with Crippen LogP contribution in [0.5, 0.6) is 5.75 Å². The molecule has 2 aromatic carbocycles. The van der Waals surface area contributed by atoms with Crippen molar-refractivity contribution < 1.29 is 23.2 Å². The number of methoxy groups -OCH3 is 1. The second kappa shape index (κ2) is 9.01. The van der Waals surface area contributed by atoms with Gasteiger partial charge in [0.1, 0.15) is 5.69 Å². The summed E-state index contributed by atoms with van der Waals surface area (Å²) in [6, 6.07) is 14.0. The molecule has 0 unspecified atom stereocenters. The second-order valence-corrected chi connectivity index (χ2v) is 6.25. The summed E-state index contributed by atoms with van der Waals surface area (Å²) in [6.45, 7) is 1.71. The van der Waals surface area contributed by atoms with Crippen LogP contribution in [0, 0.1) is 12.7 Å². The van der Waals surface area contributed by atoms with E-state index in [0.717, 1.165) is 11.1 Å². The standard InChI is InChI=1S/C21H20FN3O4/c1-13-16(25-29-19(13)14-7-4-3-5-8-14)12-24-21(27)20(26)23-11-15-9-6-10-17(28-2)18(15)22/h3-10H,11-12H2,1-2H3,(H,23,26)(H,24,27). The van der Waals surface area contributed by atoms with Crippen LogP contribution in [-0.2, 0) is 22.7 Å². The zero-order valence-corrected chi connectivity index (χ0v) is 16.0. The molecule has 3 rings (SSSR count). The van der Waals surface area contributed by atoms with E-state index in [1.54, 1.807) is 6.07 Å². The summed E-state index contributed by atoms with van der Waals surface area (Å²) in [5.41, 5.74) is 2.37. The van der Waals surface area contributed by atoms with E-state index < -0.39 is 17.6 Å². The van der Waals surface area contributed by atoms with Crippen LogP contribution in [0.2, 0.25) is 0 Å². The zero-order chi connectivity index (χ0) is 20.8. The monoisotopic (exact) mass is 397 g/mol. The summed E-state index contributed by atoms with van der Waals surface area (Å²) >= 11 is 0. The molecule has 0 saturated carbocycles. The minimum Gasteiger partial charge on any atom is -0.494 e. The van der Waals surface area contributed by atoms with Crippen molar-refractivity contribution in [2.45, 2.75) is 20.0 Å². The Morgan fingerprint density at radius 3 is 2.41 bits per heavy atom. The normalized spacial score (nSPS) is 10.4. The number of nitrogens with zero attached hydrogens (tertiary/aromatic N) is 1. The Labute approximate surface area is 166 Å². The molecule has 2 N–H and O–H groups in total. The number of benzene rings is 2. The van der Waals surface area contributed by atoms with Gasteiger partial charge in [-0.25, -0.2) is 4.39 Å². The van der Waals surface area contributed by atoms with Crippen molar-refractivity contribution in [2.24, 2.45) is 0 Å². The van der Waals surface area contributed by atoms with Crippen molar-refractivity contribution in [2.75, 3.05) is 7.11 Å². The third-order valence-electron chi connectivity index (χ3n) is 4.38. The summed E-state index contributed by atoms with van der Waals surface area (Å²) in [5, 5.41) is 8.83.